The van der Waals surface area contributed by atoms with Crippen molar-refractivity contribution in [2.24, 2.45) is 0 Å². The maximum atomic E-state index is 9.76. The van der Waals surface area contributed by atoms with Crippen molar-refractivity contribution in [2.75, 3.05) is 7.05 Å². The van der Waals surface area contributed by atoms with E-state index in [1.165, 1.54) is 7.05 Å². The number of nitrogens with one attached hydrogen (secondary N) is 1. The lowest BCUT2D eigenvalue weighted by Gasteiger charge is -1.85. The second-order valence-electron chi connectivity index (χ2n) is 0.743. The van der Waals surface area contributed by atoms with Crippen LogP contribution in [0.3, 0.4) is 0 Å². The molecule has 35 valence electrons. The number of carbonyl (C=O) groups is 1. The Morgan fingerprint density at radius 1 is 2.00 bits per heavy atom. The van der Waals surface area contributed by atoms with Gasteiger partial charge in [0.25, 0.3) is 5.91 Å². The van der Waals surface area contributed by atoms with Crippen molar-refractivity contribution in [2.45, 2.75) is 0 Å². The van der Waals surface area contributed by atoms with Crippen molar-refractivity contribution in [3.63, 3.8) is 0 Å². The molecule has 0 heterocycles. The molecule has 3 nitrogen and oxygen atoms in total. The smallest absolute Gasteiger partial charge is 0.251 e. The first kappa shape index (κ1) is 5.43. The van der Waals surface area contributed by atoms with Gasteiger partial charge in [-0.15, -0.1) is 0 Å². The van der Waals surface area contributed by atoms with Crippen LogP contribution in [0.2, 0.25) is 0 Å². The number of aliphatic hydroxyl groups is 1. The molecule has 0 aromatic carbocycles. The molecule has 0 aliphatic rings. The summed E-state index contributed by atoms with van der Waals surface area (Å²) in [5.41, 5.74) is 0. The monoisotopic (exact) mass is 88.0 g/mol. The van der Waals surface area contributed by atoms with E-state index in [9.17, 15) is 4.79 Å². The molecule has 0 saturated carbocycles. The van der Waals surface area contributed by atoms with Crippen molar-refractivity contribution in [1.82, 2.24) is 5.32 Å². The van der Waals surface area contributed by atoms with Crippen LogP contribution in [0, 0.1) is 6.61 Å². The van der Waals surface area contributed by atoms with E-state index in [1.807, 2.05) is 0 Å². The molecule has 0 aliphatic heterocycles. The van der Waals surface area contributed by atoms with Crippen LogP contribution in [0.15, 0.2) is 0 Å². The molecular weight excluding hydrogens is 82.0 g/mol. The standard InChI is InChI=1S/C3H6NO2/c1-4-3(6)2-5/h2,5H,1H3,(H,4,6). The zero-order chi connectivity index (χ0) is 4.99. The minimum absolute atomic E-state index is 0.472. The summed E-state index contributed by atoms with van der Waals surface area (Å²) in [5, 5.41) is 9.97. The fraction of sp³-hybridized carbons (Fsp3) is 0.333. The average molecular weight is 88.1 g/mol. The number of rotatable bonds is 1. The van der Waals surface area contributed by atoms with Gasteiger partial charge in [0.15, 0.2) is 6.61 Å². The van der Waals surface area contributed by atoms with Gasteiger partial charge in [-0.3, -0.25) is 4.79 Å². The Bertz CT molecular complexity index is 46.8. The molecule has 0 aromatic heterocycles. The third-order valence-electron chi connectivity index (χ3n) is 0.364. The van der Waals surface area contributed by atoms with Crippen LogP contribution in [-0.4, -0.2) is 18.1 Å². The first-order chi connectivity index (χ1) is 2.81. The van der Waals surface area contributed by atoms with Crippen molar-refractivity contribution in [3.05, 3.63) is 6.61 Å². The van der Waals surface area contributed by atoms with Crippen molar-refractivity contribution >= 4 is 5.91 Å². The van der Waals surface area contributed by atoms with Gasteiger partial charge in [-0.25, -0.2) is 0 Å². The van der Waals surface area contributed by atoms with Crippen LogP contribution < -0.4 is 5.32 Å². The Balaban J connectivity index is 2.99. The van der Waals surface area contributed by atoms with Crippen molar-refractivity contribution < 1.29 is 9.90 Å². The topological polar surface area (TPSA) is 49.3 Å². The first-order valence-corrected chi connectivity index (χ1v) is 1.50. The summed E-state index contributed by atoms with van der Waals surface area (Å²) < 4.78 is 0. The van der Waals surface area contributed by atoms with Gasteiger partial charge in [-0.2, -0.15) is 0 Å². The van der Waals surface area contributed by atoms with Gasteiger partial charge in [-0.1, -0.05) is 0 Å². The van der Waals surface area contributed by atoms with Gasteiger partial charge in [0.1, 0.15) is 0 Å². The lowest BCUT2D eigenvalue weighted by molar-refractivity contribution is -0.120. The quantitative estimate of drug-likeness (QED) is 0.444. The van der Waals surface area contributed by atoms with Crippen LogP contribution in [0.5, 0.6) is 0 Å². The number of carbonyl (C=O) groups excluding carboxylic acids is 1. The zero-order valence-corrected chi connectivity index (χ0v) is 3.43. The summed E-state index contributed by atoms with van der Waals surface area (Å²) >= 11 is 0. The molecule has 3 heteroatoms. The van der Waals surface area contributed by atoms with Crippen LogP contribution in [0.1, 0.15) is 0 Å². The highest BCUT2D eigenvalue weighted by Crippen LogP contribution is 1.60. The molecule has 0 spiro atoms. The van der Waals surface area contributed by atoms with Gasteiger partial charge in [0, 0.05) is 7.05 Å². The molecule has 2 N–H and O–H groups in total. The minimum atomic E-state index is -0.477. The van der Waals surface area contributed by atoms with Gasteiger partial charge in [0.2, 0.25) is 0 Å². The molecule has 0 rings (SSSR count). The lowest BCUT2D eigenvalue weighted by Crippen LogP contribution is -2.17. The van der Waals surface area contributed by atoms with E-state index in [1.54, 1.807) is 0 Å². The van der Waals surface area contributed by atoms with Crippen LogP contribution in [-0.2, 0) is 4.79 Å². The van der Waals surface area contributed by atoms with Crippen LogP contribution >= 0.6 is 0 Å². The molecule has 0 unspecified atom stereocenters. The van der Waals surface area contributed by atoms with Gasteiger partial charge >= 0.3 is 0 Å². The third-order valence-corrected chi connectivity index (χ3v) is 0.364. The molecule has 6 heavy (non-hydrogen) atoms. The van der Waals surface area contributed by atoms with Gasteiger partial charge < -0.3 is 10.4 Å². The number of hydrogen-bond donors (Lipinski definition) is 2. The Kier molecular flexibility index (Phi) is 2.40. The molecule has 1 amide bonds. The molecule has 0 aromatic rings. The molecule has 1 radical (unpaired) electrons. The summed E-state index contributed by atoms with van der Waals surface area (Å²) in [5.74, 6) is -0.477. The summed E-state index contributed by atoms with van der Waals surface area (Å²) in [6, 6.07) is 0. The molecular formula is C3H6NO2. The fourth-order valence-corrected chi connectivity index (χ4v) is 0.0645. The Labute approximate surface area is 36.0 Å². The van der Waals surface area contributed by atoms with Gasteiger partial charge in [0.05, 0.1) is 0 Å². The Morgan fingerprint density at radius 3 is 2.50 bits per heavy atom. The SMILES string of the molecule is CNC(=O)[CH]O. The van der Waals surface area contributed by atoms with E-state index in [-0.39, 0.29) is 0 Å². The molecule has 0 saturated heterocycles. The fourth-order valence-electron chi connectivity index (χ4n) is 0.0645. The van der Waals surface area contributed by atoms with Crippen molar-refractivity contribution in [3.8, 4) is 0 Å². The number of hydrogen-bond acceptors (Lipinski definition) is 2. The predicted molar refractivity (Wildman–Crippen MR) is 20.3 cm³/mol. The lowest BCUT2D eigenvalue weighted by atomic mass is 10.7. The summed E-state index contributed by atoms with van der Waals surface area (Å²) in [6.07, 6.45) is 0. The zero-order valence-electron chi connectivity index (χ0n) is 3.43. The molecule has 0 fully saturated rings. The normalized spacial score (nSPS) is 7.67. The summed E-state index contributed by atoms with van der Waals surface area (Å²) in [4.78, 5) is 9.76. The highest BCUT2D eigenvalue weighted by Gasteiger charge is 1.87. The molecule has 0 aliphatic carbocycles. The third kappa shape index (κ3) is 1.72. The number of likely N-dealkylation sites (N-methyl/N-ethyl adjacent to an activating group) is 1. The van der Waals surface area contributed by atoms with Gasteiger partial charge in [-0.05, 0) is 0 Å². The number of aliphatic hydroxyl groups excluding tert-OH is 1. The summed E-state index contributed by atoms with van der Waals surface area (Å²) in [7, 11) is 1.44. The second-order valence-corrected chi connectivity index (χ2v) is 0.743. The predicted octanol–water partition coefficient (Wildman–Crippen LogP) is -0.733. The number of amides is 1. The Morgan fingerprint density at radius 2 is 2.50 bits per heavy atom. The maximum Gasteiger partial charge on any atom is 0.251 e. The van der Waals surface area contributed by atoms with E-state index in [0.717, 1.165) is 0 Å². The first-order valence-electron chi connectivity index (χ1n) is 1.50. The van der Waals surface area contributed by atoms with E-state index in [0.29, 0.717) is 6.61 Å². The van der Waals surface area contributed by atoms with E-state index >= 15 is 0 Å². The molecule has 0 atom stereocenters. The molecule has 0 bridgehead atoms. The Hall–Kier alpha value is -0.570. The highest BCUT2D eigenvalue weighted by molar-refractivity contribution is 5.82. The van der Waals surface area contributed by atoms with Crippen LogP contribution in [0.25, 0.3) is 0 Å². The van der Waals surface area contributed by atoms with Crippen molar-refractivity contribution in [1.29, 1.82) is 0 Å². The van der Waals surface area contributed by atoms with Crippen LogP contribution in [0.4, 0.5) is 0 Å². The van der Waals surface area contributed by atoms with E-state index < -0.39 is 5.91 Å². The van der Waals surface area contributed by atoms with E-state index in [4.69, 9.17) is 5.11 Å². The second kappa shape index (κ2) is 2.66. The van der Waals surface area contributed by atoms with E-state index in [2.05, 4.69) is 5.32 Å². The maximum absolute atomic E-state index is 9.76. The largest absolute Gasteiger partial charge is 0.380 e. The minimum Gasteiger partial charge on any atom is -0.380 e. The average Bonchev–Trinajstić information content (AvgIpc) is 1.65. The highest BCUT2D eigenvalue weighted by atomic mass is 16.3. The summed E-state index contributed by atoms with van der Waals surface area (Å²) in [6.45, 7) is 0.472.